The number of carbonyl (C=O) groups is 2. The van der Waals surface area contributed by atoms with Gasteiger partial charge in [-0.2, -0.15) is 0 Å². The van der Waals surface area contributed by atoms with Crippen LogP contribution in [-0.4, -0.2) is 47.8 Å². The molecule has 2 aromatic carbocycles. The Bertz CT molecular complexity index is 924. The standard InChI is InChI=1S/C20H19N3O2S/c1-14(24)15-6-8-16(9-7-15)19(25)22-10-12-23(13-11-22)20-21-17-4-2-3-5-18(17)26-20/h2-9H,10-13H2,1H3. The average Bonchev–Trinajstić information content (AvgIpc) is 3.12. The number of carbonyl (C=O) groups excluding carboxylic acids is 2. The van der Waals surface area contributed by atoms with E-state index in [0.29, 0.717) is 24.2 Å². The van der Waals surface area contributed by atoms with Crippen LogP contribution >= 0.6 is 11.3 Å². The molecule has 3 aromatic rings. The van der Waals surface area contributed by atoms with Crippen LogP contribution in [0.3, 0.4) is 0 Å². The molecule has 5 nitrogen and oxygen atoms in total. The molecule has 4 rings (SSSR count). The maximum Gasteiger partial charge on any atom is 0.253 e. The van der Waals surface area contributed by atoms with E-state index >= 15 is 0 Å². The Morgan fingerprint density at radius 1 is 0.923 bits per heavy atom. The van der Waals surface area contributed by atoms with E-state index in [1.54, 1.807) is 35.6 Å². The molecule has 1 fully saturated rings. The number of hydrogen-bond donors (Lipinski definition) is 0. The van der Waals surface area contributed by atoms with Crippen molar-refractivity contribution in [2.45, 2.75) is 6.92 Å². The fraction of sp³-hybridized carbons (Fsp3) is 0.250. The highest BCUT2D eigenvalue weighted by molar-refractivity contribution is 7.22. The quantitative estimate of drug-likeness (QED) is 0.667. The Morgan fingerprint density at radius 3 is 2.23 bits per heavy atom. The molecule has 1 amide bonds. The predicted molar refractivity (Wildman–Crippen MR) is 104 cm³/mol. The number of rotatable bonds is 3. The Kier molecular flexibility index (Phi) is 4.42. The van der Waals surface area contributed by atoms with Crippen molar-refractivity contribution in [2.24, 2.45) is 0 Å². The van der Waals surface area contributed by atoms with E-state index in [1.807, 2.05) is 23.1 Å². The minimum Gasteiger partial charge on any atom is -0.345 e. The molecule has 0 saturated carbocycles. The summed E-state index contributed by atoms with van der Waals surface area (Å²) in [6, 6.07) is 15.0. The molecule has 1 aliphatic rings. The highest BCUT2D eigenvalue weighted by Crippen LogP contribution is 2.29. The number of piperazine rings is 1. The van der Waals surface area contributed by atoms with Gasteiger partial charge in [-0.05, 0) is 31.2 Å². The van der Waals surface area contributed by atoms with Crippen LogP contribution in [-0.2, 0) is 0 Å². The molecule has 0 N–H and O–H groups in total. The van der Waals surface area contributed by atoms with Gasteiger partial charge in [0.1, 0.15) is 0 Å². The van der Waals surface area contributed by atoms with Crippen LogP contribution in [0, 0.1) is 0 Å². The molecule has 1 aliphatic heterocycles. The van der Waals surface area contributed by atoms with Crippen LogP contribution in [0.1, 0.15) is 27.6 Å². The first kappa shape index (κ1) is 16.7. The number of hydrogen-bond acceptors (Lipinski definition) is 5. The summed E-state index contributed by atoms with van der Waals surface area (Å²) in [5.41, 5.74) is 2.28. The number of fused-ring (bicyclic) bond motifs is 1. The van der Waals surface area contributed by atoms with Crippen LogP contribution in [0.15, 0.2) is 48.5 Å². The molecule has 0 bridgehead atoms. The summed E-state index contributed by atoms with van der Waals surface area (Å²) in [4.78, 5) is 32.8. The minimum absolute atomic E-state index is 0.00782. The summed E-state index contributed by atoms with van der Waals surface area (Å²) in [6.45, 7) is 4.42. The second-order valence-corrected chi connectivity index (χ2v) is 7.39. The van der Waals surface area contributed by atoms with Crippen molar-refractivity contribution >= 4 is 38.4 Å². The summed E-state index contributed by atoms with van der Waals surface area (Å²) in [7, 11) is 0. The van der Waals surface area contributed by atoms with Gasteiger partial charge in [0.05, 0.1) is 10.2 Å². The molecule has 0 radical (unpaired) electrons. The van der Waals surface area contributed by atoms with Crippen molar-refractivity contribution in [3.63, 3.8) is 0 Å². The Morgan fingerprint density at radius 2 is 1.58 bits per heavy atom. The largest absolute Gasteiger partial charge is 0.345 e. The molecule has 0 unspecified atom stereocenters. The Balaban J connectivity index is 1.42. The lowest BCUT2D eigenvalue weighted by molar-refractivity contribution is 0.0746. The van der Waals surface area contributed by atoms with Crippen molar-refractivity contribution in [3.05, 3.63) is 59.7 Å². The van der Waals surface area contributed by atoms with Gasteiger partial charge in [-0.1, -0.05) is 35.6 Å². The van der Waals surface area contributed by atoms with Crippen molar-refractivity contribution in [1.29, 1.82) is 0 Å². The van der Waals surface area contributed by atoms with E-state index in [4.69, 9.17) is 4.98 Å². The summed E-state index contributed by atoms with van der Waals surface area (Å²) in [5.74, 6) is 0.0255. The SMILES string of the molecule is CC(=O)c1ccc(C(=O)N2CCN(c3nc4ccccc4s3)CC2)cc1. The van der Waals surface area contributed by atoms with Crippen molar-refractivity contribution in [1.82, 2.24) is 9.88 Å². The van der Waals surface area contributed by atoms with Crippen LogP contribution in [0.5, 0.6) is 0 Å². The highest BCUT2D eigenvalue weighted by atomic mass is 32.1. The van der Waals surface area contributed by atoms with Gasteiger partial charge < -0.3 is 9.80 Å². The smallest absolute Gasteiger partial charge is 0.253 e. The van der Waals surface area contributed by atoms with Gasteiger partial charge in [0, 0.05) is 37.3 Å². The second-order valence-electron chi connectivity index (χ2n) is 6.38. The van der Waals surface area contributed by atoms with Crippen LogP contribution in [0.2, 0.25) is 0 Å². The molecule has 1 aromatic heterocycles. The van der Waals surface area contributed by atoms with Gasteiger partial charge >= 0.3 is 0 Å². The monoisotopic (exact) mass is 365 g/mol. The fourth-order valence-electron chi connectivity index (χ4n) is 3.13. The molecule has 2 heterocycles. The third kappa shape index (κ3) is 3.20. The zero-order valence-corrected chi connectivity index (χ0v) is 15.3. The van der Waals surface area contributed by atoms with Gasteiger partial charge in [-0.15, -0.1) is 0 Å². The van der Waals surface area contributed by atoms with Crippen LogP contribution in [0.4, 0.5) is 5.13 Å². The number of aromatic nitrogens is 1. The Labute approximate surface area is 155 Å². The lowest BCUT2D eigenvalue weighted by Crippen LogP contribution is -2.48. The second kappa shape index (κ2) is 6.88. The number of thiazole rings is 1. The summed E-state index contributed by atoms with van der Waals surface area (Å²) < 4.78 is 1.19. The summed E-state index contributed by atoms with van der Waals surface area (Å²) >= 11 is 1.69. The molecular weight excluding hydrogens is 346 g/mol. The molecule has 0 aliphatic carbocycles. The molecule has 26 heavy (non-hydrogen) atoms. The van der Waals surface area contributed by atoms with E-state index in [1.165, 1.54) is 11.6 Å². The van der Waals surface area contributed by atoms with Crippen molar-refractivity contribution in [2.75, 3.05) is 31.1 Å². The van der Waals surface area contributed by atoms with Crippen LogP contribution < -0.4 is 4.90 Å². The number of nitrogens with zero attached hydrogens (tertiary/aromatic N) is 3. The lowest BCUT2D eigenvalue weighted by atomic mass is 10.1. The fourth-order valence-corrected chi connectivity index (χ4v) is 4.14. The number of Topliss-reactive ketones (excluding diaryl/α,β-unsaturated/α-hetero) is 1. The van der Waals surface area contributed by atoms with Crippen LogP contribution in [0.25, 0.3) is 10.2 Å². The predicted octanol–water partition coefficient (Wildman–Crippen LogP) is 3.46. The van der Waals surface area contributed by atoms with E-state index < -0.39 is 0 Å². The zero-order valence-electron chi connectivity index (χ0n) is 14.5. The van der Waals surface area contributed by atoms with E-state index in [-0.39, 0.29) is 11.7 Å². The van der Waals surface area contributed by atoms with E-state index in [9.17, 15) is 9.59 Å². The Hall–Kier alpha value is -2.73. The highest BCUT2D eigenvalue weighted by Gasteiger charge is 2.24. The van der Waals surface area contributed by atoms with E-state index in [0.717, 1.165) is 23.7 Å². The first-order valence-electron chi connectivity index (χ1n) is 8.62. The maximum absolute atomic E-state index is 12.7. The normalized spacial score (nSPS) is 14.7. The van der Waals surface area contributed by atoms with Gasteiger partial charge in [-0.3, -0.25) is 9.59 Å². The van der Waals surface area contributed by atoms with E-state index in [2.05, 4.69) is 11.0 Å². The first-order valence-corrected chi connectivity index (χ1v) is 9.44. The van der Waals surface area contributed by atoms with Gasteiger partial charge in [0.15, 0.2) is 10.9 Å². The molecule has 6 heteroatoms. The summed E-state index contributed by atoms with van der Waals surface area (Å²) in [6.07, 6.45) is 0. The van der Waals surface area contributed by atoms with Crippen molar-refractivity contribution < 1.29 is 9.59 Å². The van der Waals surface area contributed by atoms with Gasteiger partial charge in [0.25, 0.3) is 5.91 Å². The van der Waals surface area contributed by atoms with Crippen molar-refractivity contribution in [3.8, 4) is 0 Å². The molecule has 132 valence electrons. The molecule has 0 atom stereocenters. The van der Waals surface area contributed by atoms with Gasteiger partial charge in [-0.25, -0.2) is 4.98 Å². The third-order valence-electron chi connectivity index (χ3n) is 4.66. The number of amides is 1. The topological polar surface area (TPSA) is 53.5 Å². The number of anilines is 1. The molecular formula is C20H19N3O2S. The first-order chi connectivity index (χ1) is 12.6. The lowest BCUT2D eigenvalue weighted by Gasteiger charge is -2.34. The maximum atomic E-state index is 12.7. The van der Waals surface area contributed by atoms with Gasteiger partial charge in [0.2, 0.25) is 0 Å². The average molecular weight is 365 g/mol. The molecule has 1 saturated heterocycles. The third-order valence-corrected chi connectivity index (χ3v) is 5.76. The minimum atomic E-state index is 0.00782. The molecule has 0 spiro atoms. The summed E-state index contributed by atoms with van der Waals surface area (Å²) in [5, 5.41) is 1.02. The number of benzene rings is 2. The number of para-hydroxylation sites is 1. The zero-order chi connectivity index (χ0) is 18.1. The number of ketones is 1.